The first-order chi connectivity index (χ1) is 42.4. The maximum atomic E-state index is 13.6. The molecule has 15 nitrogen and oxygen atoms in total. The number of aliphatic hydroxyl groups excluding tert-OH is 2. The summed E-state index contributed by atoms with van der Waals surface area (Å²) in [5.74, 6) is 2.56. The molecule has 0 saturated heterocycles. The van der Waals surface area contributed by atoms with Crippen molar-refractivity contribution in [2.75, 3.05) is 44.5 Å². The lowest BCUT2D eigenvalue weighted by Crippen LogP contribution is -2.27. The van der Waals surface area contributed by atoms with Gasteiger partial charge in [-0.15, -0.1) is 0 Å². The van der Waals surface area contributed by atoms with Crippen LogP contribution in [0.25, 0.3) is 0 Å². The number of ether oxygens (including phenoxy) is 7. The van der Waals surface area contributed by atoms with E-state index in [-0.39, 0.29) is 75.1 Å². The van der Waals surface area contributed by atoms with Gasteiger partial charge in [0.15, 0.2) is 47.8 Å². The van der Waals surface area contributed by atoms with Gasteiger partial charge in [-0.1, -0.05) is 107 Å². The molecule has 4 aliphatic rings. The van der Waals surface area contributed by atoms with Crippen LogP contribution in [0.4, 0.5) is 23.2 Å². The number of carbonyl (C=O) groups excluding carboxylic acids is 1. The van der Waals surface area contributed by atoms with Crippen LogP contribution >= 0.6 is 46.4 Å². The topological polar surface area (TPSA) is 176 Å². The van der Waals surface area contributed by atoms with Crippen LogP contribution in [0.5, 0.6) is 34.5 Å². The van der Waals surface area contributed by atoms with E-state index < -0.39 is 41.4 Å². The van der Waals surface area contributed by atoms with Gasteiger partial charge in [0.05, 0.1) is 50.0 Å². The van der Waals surface area contributed by atoms with Crippen LogP contribution in [0.3, 0.4) is 0 Å². The normalized spacial score (nSPS) is 14.3. The van der Waals surface area contributed by atoms with Crippen molar-refractivity contribution >= 4 is 68.1 Å². The Kier molecular flexibility index (Phi) is 33.5. The quantitative estimate of drug-likeness (QED) is 0.0267. The zero-order valence-electron chi connectivity index (χ0n) is 51.1. The molecule has 0 spiro atoms. The van der Waals surface area contributed by atoms with E-state index in [4.69, 9.17) is 75.2 Å². The number of alkyl halides is 4. The number of pyridine rings is 2. The number of carbonyl (C=O) groups is 1. The average Bonchev–Trinajstić information content (AvgIpc) is 1.58. The highest BCUT2D eigenvalue weighted by Crippen LogP contribution is 2.41. The number of halogens is 8. The second-order valence-electron chi connectivity index (χ2n) is 22.1. The number of nitrogens with zero attached hydrogens (tertiary/aromatic N) is 2. The summed E-state index contributed by atoms with van der Waals surface area (Å²) in [4.78, 5) is 13.6. The minimum atomic E-state index is -3.62. The molecule has 2 aromatic heterocycles. The summed E-state index contributed by atoms with van der Waals surface area (Å²) in [6.07, 6.45) is 14.8. The third-order valence-electron chi connectivity index (χ3n) is 14.1. The molecule has 4 saturated carbocycles. The minimum absolute atomic E-state index is 0. The molecule has 3 N–H and O–H groups in total. The number of hydrogen-bond acceptors (Lipinski definition) is 12. The van der Waals surface area contributed by atoms with Gasteiger partial charge in [0.2, 0.25) is 10.0 Å². The third kappa shape index (κ3) is 26.8. The van der Waals surface area contributed by atoms with E-state index in [0.717, 1.165) is 70.2 Å². The van der Waals surface area contributed by atoms with Crippen LogP contribution in [0.15, 0.2) is 97.6 Å². The van der Waals surface area contributed by atoms with Crippen molar-refractivity contribution in [3.05, 3.63) is 157 Å². The second kappa shape index (κ2) is 38.4. The standard InChI is InChI=1S/C31H32Cl2F2N2O7S.C19H20Cl2F2NO3.C12H16O.C2H6.CH4O.3CH4/c1-37-14-23(32)22(24(33)15-37)13-27(20-8-10-26(44-31(34)35)29(11-20)42-17-19-5-6-19)43-30(38)21-7-9-25(36-45(2,39)40)28(12-21)41-16-18-3-4-18;1-24-8-14(20)13(15(21)9-24)7-16(25)12-4-5-17(27-19(22)23)18(6-12)26-10-11-2-3-11;1-9-3-4-10(2)12(7-9)13-8-11-5-6-11;2*1-2;;;/h7-12,14-15,18-19,27,31H,3-6,13,16-17H2,1-2H3;4-6,8-9,11,16,19,25H,2-3,7,10H2,1H3;3-4,7,11H,5-6,8H2,1-2H3;1-2H3;2H,1H3;3*1H4/q;+1;;;;;;/p+1/t27-;16-;;;;;;/m00....../s1. The lowest BCUT2D eigenvalue weighted by Gasteiger charge is -2.22. The third-order valence-corrected chi connectivity index (χ3v) is 16.0. The van der Waals surface area contributed by atoms with E-state index in [9.17, 15) is 35.9 Å². The molecular weight excluding hydrogens is 1300 g/mol. The first kappa shape index (κ1) is 80.2. The van der Waals surface area contributed by atoms with Gasteiger partial charge in [-0.25, -0.2) is 22.3 Å². The monoisotopic (exact) mass is 1390 g/mol. The SMILES string of the molecule is C.C.C.CC.CO.C[n+]1cc(Cl)c(C[C@H](O)c2ccc(OC(F)F)c(OCC3CC3)c2)c(Cl)c1.C[n+]1cc(Cl)c(C[C@H](OC(=O)c2ccc(NS(C)(=O)=O)c(OCC3CC3)c2)c2ccc(OC(F)F)c(OCC3CC3)c2)c(Cl)c1.Cc1ccc(C)c(OCC2CC2)c1. The maximum absolute atomic E-state index is 13.6. The summed E-state index contributed by atoms with van der Waals surface area (Å²) < 4.78 is 120. The summed E-state index contributed by atoms with van der Waals surface area (Å²) in [7, 11) is 0.934. The van der Waals surface area contributed by atoms with Crippen molar-refractivity contribution < 1.29 is 83.3 Å². The van der Waals surface area contributed by atoms with E-state index in [1.807, 2.05) is 13.8 Å². The number of aromatic nitrogens is 2. The molecule has 2 heterocycles. The van der Waals surface area contributed by atoms with Gasteiger partial charge in [0.25, 0.3) is 0 Å². The molecule has 510 valence electrons. The number of aryl methyl sites for hydroxylation is 4. The molecule has 0 amide bonds. The minimum Gasteiger partial charge on any atom is -0.493 e. The Balaban J connectivity index is 0.000000397. The van der Waals surface area contributed by atoms with Crippen molar-refractivity contribution in [2.24, 2.45) is 37.8 Å². The zero-order chi connectivity index (χ0) is 65.1. The van der Waals surface area contributed by atoms with E-state index in [0.29, 0.717) is 79.9 Å². The highest BCUT2D eigenvalue weighted by Gasteiger charge is 2.30. The predicted octanol–water partition coefficient (Wildman–Crippen LogP) is 16.6. The number of rotatable bonds is 26. The Morgan fingerprint density at radius 2 is 0.967 bits per heavy atom. The zero-order valence-corrected chi connectivity index (χ0v) is 54.9. The van der Waals surface area contributed by atoms with E-state index in [1.165, 1.54) is 78.6 Å². The smallest absolute Gasteiger partial charge is 0.387 e. The molecule has 4 aromatic carbocycles. The van der Waals surface area contributed by atoms with Crippen LogP contribution in [-0.4, -0.2) is 77.6 Å². The molecule has 2 atom stereocenters. The molecule has 0 radical (unpaired) electrons. The highest BCUT2D eigenvalue weighted by atomic mass is 35.5. The summed E-state index contributed by atoms with van der Waals surface area (Å²) in [6.45, 7) is 4.23. The largest absolute Gasteiger partial charge is 0.493 e. The van der Waals surface area contributed by atoms with Crippen LogP contribution < -0.4 is 42.3 Å². The highest BCUT2D eigenvalue weighted by molar-refractivity contribution is 7.92. The number of aliphatic hydroxyl groups is 2. The first-order valence-electron chi connectivity index (χ1n) is 29.3. The van der Waals surface area contributed by atoms with Crippen LogP contribution in [0.1, 0.15) is 143 Å². The van der Waals surface area contributed by atoms with E-state index in [1.54, 1.807) is 48.0 Å². The molecule has 0 bridgehead atoms. The number of esters is 1. The van der Waals surface area contributed by atoms with Gasteiger partial charge in [0, 0.05) is 31.1 Å². The van der Waals surface area contributed by atoms with Crippen LogP contribution in [0.2, 0.25) is 20.1 Å². The average molecular weight is 1390 g/mol. The Bertz CT molecular complexity index is 3370. The molecule has 24 heteroatoms. The Morgan fingerprint density at radius 3 is 1.39 bits per heavy atom. The number of nitrogens with one attached hydrogen (secondary N) is 1. The Morgan fingerprint density at radius 1 is 0.565 bits per heavy atom. The summed E-state index contributed by atoms with van der Waals surface area (Å²) >= 11 is 25.5. The molecule has 10 rings (SSSR count). The lowest BCUT2D eigenvalue weighted by molar-refractivity contribution is -0.671. The van der Waals surface area contributed by atoms with E-state index >= 15 is 0 Å². The first-order valence-corrected chi connectivity index (χ1v) is 32.7. The Hall–Kier alpha value is -6.00. The number of sulfonamides is 1. The molecule has 4 fully saturated rings. The fraction of sp³-hybridized carbons (Fsp3) is 0.485. The maximum Gasteiger partial charge on any atom is 0.387 e. The molecule has 0 aliphatic heterocycles. The predicted molar refractivity (Wildman–Crippen MR) is 355 cm³/mol. The van der Waals surface area contributed by atoms with Crippen molar-refractivity contribution in [3.8, 4) is 34.5 Å². The van der Waals surface area contributed by atoms with Gasteiger partial charge >= 0.3 is 19.2 Å². The van der Waals surface area contributed by atoms with Gasteiger partial charge < -0.3 is 43.4 Å². The number of benzene rings is 4. The van der Waals surface area contributed by atoms with Gasteiger partial charge in [0.1, 0.15) is 51.8 Å². The molecule has 6 aromatic rings. The number of hydrogen-bond donors (Lipinski definition) is 3. The van der Waals surface area contributed by atoms with Crippen molar-refractivity contribution in [2.45, 2.75) is 140 Å². The van der Waals surface area contributed by atoms with Gasteiger partial charge in [-0.2, -0.15) is 17.6 Å². The summed E-state index contributed by atoms with van der Waals surface area (Å²) in [5.41, 5.74) is 4.85. The molecular formula is C68H91Cl4F4N3O12S+2. The second-order valence-corrected chi connectivity index (χ2v) is 25.4. The van der Waals surface area contributed by atoms with Crippen LogP contribution in [-0.2, 0) is 41.7 Å². The molecule has 92 heavy (non-hydrogen) atoms. The van der Waals surface area contributed by atoms with Crippen molar-refractivity contribution in [3.63, 3.8) is 0 Å². The Labute approximate surface area is 561 Å². The lowest BCUT2D eigenvalue weighted by atomic mass is 10.0. The fourth-order valence-corrected chi connectivity index (χ4v) is 10.6. The van der Waals surface area contributed by atoms with E-state index in [2.05, 4.69) is 46.2 Å². The molecule has 4 aliphatic carbocycles. The fourth-order valence-electron chi connectivity index (χ4n) is 8.59. The number of anilines is 1. The van der Waals surface area contributed by atoms with Crippen molar-refractivity contribution in [1.82, 2.24) is 0 Å². The summed E-state index contributed by atoms with van der Waals surface area (Å²) in [6, 6.07) is 19.4. The van der Waals surface area contributed by atoms with Gasteiger partial charge in [-0.3, -0.25) is 4.72 Å². The van der Waals surface area contributed by atoms with Gasteiger partial charge in [-0.05, 0) is 160 Å². The summed E-state index contributed by atoms with van der Waals surface area (Å²) in [5, 5.41) is 19.2. The molecule has 0 unspecified atom stereocenters. The van der Waals surface area contributed by atoms with Crippen molar-refractivity contribution in [1.29, 1.82) is 0 Å². The van der Waals surface area contributed by atoms with Crippen LogP contribution in [0, 0.1) is 37.5 Å².